The molecule has 0 saturated carbocycles. The van der Waals surface area contributed by atoms with E-state index in [4.69, 9.17) is 21.1 Å². The molecule has 1 aliphatic heterocycles. The zero-order chi connectivity index (χ0) is 17.9. The lowest BCUT2D eigenvalue weighted by Crippen LogP contribution is -2.13. The third-order valence-electron chi connectivity index (χ3n) is 3.74. The molecule has 0 aliphatic carbocycles. The molecule has 7 heteroatoms. The summed E-state index contributed by atoms with van der Waals surface area (Å²) in [5.74, 6) is 1.08. The van der Waals surface area contributed by atoms with E-state index in [-0.39, 0.29) is 18.4 Å². The number of ether oxygens (including phenoxy) is 2. The Hall–Kier alpha value is -3.25. The summed E-state index contributed by atoms with van der Waals surface area (Å²) in [4.78, 5) is 16.5. The average Bonchev–Trinajstić information content (AvgIpc) is 3.10. The van der Waals surface area contributed by atoms with Crippen molar-refractivity contribution in [2.45, 2.75) is 0 Å². The third kappa shape index (κ3) is 3.55. The Kier molecular flexibility index (Phi) is 4.33. The number of aromatic nitrogens is 1. The van der Waals surface area contributed by atoms with Crippen molar-refractivity contribution in [2.75, 3.05) is 17.4 Å². The van der Waals surface area contributed by atoms with Crippen molar-refractivity contribution in [1.29, 1.82) is 0 Å². The largest absolute Gasteiger partial charge is 0.454 e. The minimum absolute atomic E-state index is 0.224. The maximum atomic E-state index is 12.4. The Morgan fingerprint density at radius 3 is 2.69 bits per heavy atom. The van der Waals surface area contributed by atoms with Crippen molar-refractivity contribution in [3.63, 3.8) is 0 Å². The van der Waals surface area contributed by atoms with E-state index >= 15 is 0 Å². The second kappa shape index (κ2) is 6.93. The lowest BCUT2D eigenvalue weighted by Gasteiger charge is -2.09. The van der Waals surface area contributed by atoms with Crippen LogP contribution >= 0.6 is 11.6 Å². The SMILES string of the molecule is O=C(Nc1cccc(Cl)c1)c1cc(Nc2ccc3c(c2)OCO3)ccn1. The topological polar surface area (TPSA) is 72.5 Å². The van der Waals surface area contributed by atoms with E-state index in [1.165, 1.54) is 0 Å². The number of fused-ring (bicyclic) bond motifs is 1. The molecule has 130 valence electrons. The van der Waals surface area contributed by atoms with Gasteiger partial charge in [0.2, 0.25) is 6.79 Å². The molecule has 3 aromatic rings. The van der Waals surface area contributed by atoms with E-state index in [2.05, 4.69) is 15.6 Å². The number of hydrogen-bond donors (Lipinski definition) is 2. The number of carbonyl (C=O) groups excluding carboxylic acids is 1. The number of pyridine rings is 1. The van der Waals surface area contributed by atoms with Crippen molar-refractivity contribution in [1.82, 2.24) is 4.98 Å². The van der Waals surface area contributed by atoms with Gasteiger partial charge in [0.15, 0.2) is 11.5 Å². The van der Waals surface area contributed by atoms with Crippen LogP contribution < -0.4 is 20.1 Å². The molecule has 4 rings (SSSR count). The smallest absolute Gasteiger partial charge is 0.274 e. The van der Waals surface area contributed by atoms with Crippen LogP contribution in [0.15, 0.2) is 60.8 Å². The Balaban J connectivity index is 1.50. The zero-order valence-electron chi connectivity index (χ0n) is 13.5. The van der Waals surface area contributed by atoms with E-state index in [9.17, 15) is 4.79 Å². The molecule has 0 spiro atoms. The first-order valence-corrected chi connectivity index (χ1v) is 8.25. The van der Waals surface area contributed by atoms with Gasteiger partial charge in [-0.05, 0) is 42.5 Å². The van der Waals surface area contributed by atoms with Crippen molar-refractivity contribution < 1.29 is 14.3 Å². The van der Waals surface area contributed by atoms with Crippen molar-refractivity contribution in [2.24, 2.45) is 0 Å². The number of halogens is 1. The summed E-state index contributed by atoms with van der Waals surface area (Å²) >= 11 is 5.93. The highest BCUT2D eigenvalue weighted by Gasteiger charge is 2.14. The standard InChI is InChI=1S/C19H14ClN3O3/c20-12-2-1-3-13(8-12)23-19(24)16-9-15(6-7-21-16)22-14-4-5-17-18(10-14)26-11-25-17/h1-10H,11H2,(H,21,22)(H,23,24). The van der Waals surface area contributed by atoms with Crippen LogP contribution in [-0.2, 0) is 0 Å². The number of nitrogens with zero attached hydrogens (tertiary/aromatic N) is 1. The van der Waals surface area contributed by atoms with Crippen molar-refractivity contribution >= 4 is 34.6 Å². The summed E-state index contributed by atoms with van der Waals surface area (Å²) in [5, 5.41) is 6.55. The number of amides is 1. The molecule has 1 aliphatic rings. The quantitative estimate of drug-likeness (QED) is 0.712. The van der Waals surface area contributed by atoms with Crippen LogP contribution in [0.2, 0.25) is 5.02 Å². The fraction of sp³-hybridized carbons (Fsp3) is 0.0526. The third-order valence-corrected chi connectivity index (χ3v) is 3.97. The minimum Gasteiger partial charge on any atom is -0.454 e. The van der Waals surface area contributed by atoms with E-state index < -0.39 is 0 Å². The molecular formula is C19H14ClN3O3. The first-order valence-electron chi connectivity index (χ1n) is 7.87. The fourth-order valence-electron chi connectivity index (χ4n) is 2.53. The van der Waals surface area contributed by atoms with Crippen LogP contribution in [0, 0.1) is 0 Å². The van der Waals surface area contributed by atoms with Crippen LogP contribution in [0.4, 0.5) is 17.1 Å². The normalized spacial score (nSPS) is 11.9. The molecule has 2 N–H and O–H groups in total. The Morgan fingerprint density at radius 2 is 1.81 bits per heavy atom. The maximum Gasteiger partial charge on any atom is 0.274 e. The van der Waals surface area contributed by atoms with Crippen LogP contribution in [0.25, 0.3) is 0 Å². The summed E-state index contributed by atoms with van der Waals surface area (Å²) in [6, 6.07) is 15.9. The summed E-state index contributed by atoms with van der Waals surface area (Å²) in [6.45, 7) is 0.224. The molecule has 0 bridgehead atoms. The average molecular weight is 368 g/mol. The number of rotatable bonds is 4. The number of carbonyl (C=O) groups is 1. The highest BCUT2D eigenvalue weighted by Crippen LogP contribution is 2.35. The predicted molar refractivity (Wildman–Crippen MR) is 99.5 cm³/mol. The number of nitrogens with one attached hydrogen (secondary N) is 2. The number of anilines is 3. The van der Waals surface area contributed by atoms with E-state index in [1.54, 1.807) is 42.6 Å². The summed E-state index contributed by atoms with van der Waals surface area (Å²) in [6.07, 6.45) is 1.57. The van der Waals surface area contributed by atoms with Gasteiger partial charge in [-0.25, -0.2) is 0 Å². The molecule has 2 aromatic carbocycles. The highest BCUT2D eigenvalue weighted by atomic mass is 35.5. The van der Waals surface area contributed by atoms with Crippen LogP contribution in [0.5, 0.6) is 11.5 Å². The molecule has 26 heavy (non-hydrogen) atoms. The van der Waals surface area contributed by atoms with Gasteiger partial charge >= 0.3 is 0 Å². The summed E-state index contributed by atoms with van der Waals surface area (Å²) < 4.78 is 10.7. The number of hydrogen-bond acceptors (Lipinski definition) is 5. The Bertz CT molecular complexity index is 978. The molecule has 2 heterocycles. The van der Waals surface area contributed by atoms with Gasteiger partial charge in [0.25, 0.3) is 5.91 Å². The Morgan fingerprint density at radius 1 is 0.962 bits per heavy atom. The highest BCUT2D eigenvalue weighted by molar-refractivity contribution is 6.30. The molecule has 0 saturated heterocycles. The molecule has 1 amide bonds. The van der Waals surface area contributed by atoms with E-state index in [0.29, 0.717) is 22.2 Å². The van der Waals surface area contributed by atoms with Gasteiger partial charge in [-0.3, -0.25) is 9.78 Å². The van der Waals surface area contributed by atoms with Crippen molar-refractivity contribution in [3.8, 4) is 11.5 Å². The molecule has 6 nitrogen and oxygen atoms in total. The second-order valence-electron chi connectivity index (χ2n) is 5.59. The second-order valence-corrected chi connectivity index (χ2v) is 6.02. The molecule has 0 unspecified atom stereocenters. The molecule has 0 radical (unpaired) electrons. The van der Waals surface area contributed by atoms with Gasteiger partial charge in [-0.1, -0.05) is 17.7 Å². The fourth-order valence-corrected chi connectivity index (χ4v) is 2.73. The first-order chi connectivity index (χ1) is 12.7. The van der Waals surface area contributed by atoms with Gasteiger partial charge in [-0.2, -0.15) is 0 Å². The summed E-state index contributed by atoms with van der Waals surface area (Å²) in [7, 11) is 0. The van der Waals surface area contributed by atoms with E-state index in [1.807, 2.05) is 18.2 Å². The number of benzene rings is 2. The molecule has 1 aromatic heterocycles. The zero-order valence-corrected chi connectivity index (χ0v) is 14.3. The van der Waals surface area contributed by atoms with Gasteiger partial charge < -0.3 is 20.1 Å². The summed E-state index contributed by atoms with van der Waals surface area (Å²) in [5.41, 5.74) is 2.45. The van der Waals surface area contributed by atoms with Gasteiger partial charge in [0.05, 0.1) is 0 Å². The van der Waals surface area contributed by atoms with Crippen LogP contribution in [0.1, 0.15) is 10.5 Å². The van der Waals surface area contributed by atoms with Crippen LogP contribution in [-0.4, -0.2) is 17.7 Å². The maximum absolute atomic E-state index is 12.4. The lowest BCUT2D eigenvalue weighted by atomic mass is 10.2. The van der Waals surface area contributed by atoms with Gasteiger partial charge in [-0.15, -0.1) is 0 Å². The monoisotopic (exact) mass is 367 g/mol. The molecule has 0 atom stereocenters. The van der Waals surface area contributed by atoms with Gasteiger partial charge in [0, 0.05) is 34.3 Å². The predicted octanol–water partition coefficient (Wildman–Crippen LogP) is 4.46. The lowest BCUT2D eigenvalue weighted by molar-refractivity contribution is 0.102. The van der Waals surface area contributed by atoms with E-state index in [0.717, 1.165) is 11.4 Å². The Labute approximate surface area is 154 Å². The molecule has 0 fully saturated rings. The molecular weight excluding hydrogens is 354 g/mol. The first kappa shape index (κ1) is 16.2. The minimum atomic E-state index is -0.318. The van der Waals surface area contributed by atoms with Gasteiger partial charge in [0.1, 0.15) is 5.69 Å². The van der Waals surface area contributed by atoms with Crippen molar-refractivity contribution in [3.05, 3.63) is 71.5 Å². The van der Waals surface area contributed by atoms with Crippen LogP contribution in [0.3, 0.4) is 0 Å².